The van der Waals surface area contributed by atoms with Crippen molar-refractivity contribution in [3.8, 4) is 22.8 Å². The molecule has 3 aromatic rings. The largest absolute Gasteiger partial charge is 0.493 e. The summed E-state index contributed by atoms with van der Waals surface area (Å²) in [6.45, 7) is 2.42. The van der Waals surface area contributed by atoms with Crippen LogP contribution in [0.5, 0.6) is 11.5 Å². The fraction of sp³-hybridized carbons (Fsp3) is 0.143. The third-order valence-electron chi connectivity index (χ3n) is 4.02. The van der Waals surface area contributed by atoms with Crippen molar-refractivity contribution < 1.29 is 19.2 Å². The van der Waals surface area contributed by atoms with E-state index >= 15 is 0 Å². The molecule has 154 valence electrons. The summed E-state index contributed by atoms with van der Waals surface area (Å²) in [6, 6.07) is 11.5. The fourth-order valence-electron chi connectivity index (χ4n) is 2.60. The van der Waals surface area contributed by atoms with Crippen LogP contribution in [0.25, 0.3) is 17.3 Å². The van der Waals surface area contributed by atoms with Gasteiger partial charge in [0.1, 0.15) is 0 Å². The molecule has 2 aromatic carbocycles. The number of nitro benzene ring substituents is 1. The summed E-state index contributed by atoms with van der Waals surface area (Å²) in [5, 5.41) is 15.7. The number of nitrogens with zero attached hydrogens (tertiary/aromatic N) is 2. The van der Waals surface area contributed by atoms with Gasteiger partial charge in [-0.2, -0.15) is 0 Å². The van der Waals surface area contributed by atoms with Crippen LogP contribution in [0.15, 0.2) is 53.9 Å². The maximum absolute atomic E-state index is 12.2. The molecule has 0 saturated carbocycles. The minimum Gasteiger partial charge on any atom is -0.493 e. The van der Waals surface area contributed by atoms with Gasteiger partial charge >= 0.3 is 0 Å². The third-order valence-corrected chi connectivity index (χ3v) is 4.78. The second-order valence-corrected chi connectivity index (χ2v) is 6.87. The molecule has 0 spiro atoms. The van der Waals surface area contributed by atoms with Gasteiger partial charge in [0.15, 0.2) is 16.6 Å². The summed E-state index contributed by atoms with van der Waals surface area (Å²) in [6.07, 6.45) is 3.07. The molecule has 1 amide bonds. The van der Waals surface area contributed by atoms with E-state index in [1.54, 1.807) is 42.8 Å². The lowest BCUT2D eigenvalue weighted by Gasteiger charge is -2.09. The number of amides is 1. The zero-order valence-electron chi connectivity index (χ0n) is 16.3. The number of methoxy groups -OCH3 is 1. The number of non-ortho nitro benzene ring substituents is 1. The van der Waals surface area contributed by atoms with Crippen molar-refractivity contribution in [2.24, 2.45) is 0 Å². The first-order valence-electron chi connectivity index (χ1n) is 9.00. The Morgan fingerprint density at radius 1 is 1.23 bits per heavy atom. The van der Waals surface area contributed by atoms with E-state index in [-0.39, 0.29) is 11.6 Å². The first-order valence-corrected chi connectivity index (χ1v) is 9.88. The Balaban J connectivity index is 1.65. The van der Waals surface area contributed by atoms with Gasteiger partial charge in [0.05, 0.1) is 24.3 Å². The summed E-state index contributed by atoms with van der Waals surface area (Å²) in [4.78, 5) is 26.9. The van der Waals surface area contributed by atoms with Crippen molar-refractivity contribution in [2.75, 3.05) is 19.0 Å². The lowest BCUT2D eigenvalue weighted by molar-refractivity contribution is -0.384. The zero-order chi connectivity index (χ0) is 21.5. The van der Waals surface area contributed by atoms with Crippen molar-refractivity contribution >= 4 is 34.1 Å². The van der Waals surface area contributed by atoms with Crippen LogP contribution in [0.3, 0.4) is 0 Å². The summed E-state index contributed by atoms with van der Waals surface area (Å²) in [5.74, 6) is 0.905. The van der Waals surface area contributed by atoms with Crippen molar-refractivity contribution in [1.82, 2.24) is 4.98 Å². The number of nitrogens with one attached hydrogen (secondary N) is 1. The van der Waals surface area contributed by atoms with Gasteiger partial charge in [0, 0.05) is 29.2 Å². The Kier molecular flexibility index (Phi) is 6.76. The van der Waals surface area contributed by atoms with E-state index in [4.69, 9.17) is 9.47 Å². The van der Waals surface area contributed by atoms with Gasteiger partial charge in [0.2, 0.25) is 5.91 Å². The Hall–Kier alpha value is -3.72. The fourth-order valence-corrected chi connectivity index (χ4v) is 3.32. The number of carbonyl (C=O) groups is 1. The van der Waals surface area contributed by atoms with Crippen LogP contribution in [0, 0.1) is 10.1 Å². The van der Waals surface area contributed by atoms with Crippen LogP contribution in [-0.2, 0) is 4.79 Å². The number of thiazole rings is 1. The second-order valence-electron chi connectivity index (χ2n) is 6.01. The minimum atomic E-state index is -0.456. The lowest BCUT2D eigenvalue weighted by atomic mass is 10.1. The van der Waals surface area contributed by atoms with Gasteiger partial charge in [-0.25, -0.2) is 4.98 Å². The Morgan fingerprint density at radius 3 is 2.67 bits per heavy atom. The predicted molar refractivity (Wildman–Crippen MR) is 116 cm³/mol. The molecule has 30 heavy (non-hydrogen) atoms. The molecule has 9 heteroatoms. The lowest BCUT2D eigenvalue weighted by Crippen LogP contribution is -2.07. The molecule has 0 aliphatic rings. The van der Waals surface area contributed by atoms with E-state index in [1.807, 2.05) is 13.0 Å². The molecular formula is C21H19N3O5S. The maximum Gasteiger partial charge on any atom is 0.269 e. The molecule has 0 atom stereocenters. The second kappa shape index (κ2) is 9.66. The van der Waals surface area contributed by atoms with Crippen LogP contribution in [0.1, 0.15) is 12.5 Å². The van der Waals surface area contributed by atoms with Gasteiger partial charge in [-0.05, 0) is 42.8 Å². The topological polar surface area (TPSA) is 104 Å². The zero-order valence-corrected chi connectivity index (χ0v) is 17.1. The first-order chi connectivity index (χ1) is 14.5. The molecule has 0 radical (unpaired) electrons. The average molecular weight is 425 g/mol. The molecule has 0 aliphatic carbocycles. The number of hydrogen-bond acceptors (Lipinski definition) is 7. The highest BCUT2D eigenvalue weighted by Gasteiger charge is 2.09. The summed E-state index contributed by atoms with van der Waals surface area (Å²) >= 11 is 1.27. The summed E-state index contributed by atoms with van der Waals surface area (Å²) in [5.41, 5.74) is 2.16. The van der Waals surface area contributed by atoms with Gasteiger partial charge in [-0.3, -0.25) is 20.2 Å². The third kappa shape index (κ3) is 5.21. The van der Waals surface area contributed by atoms with Gasteiger partial charge < -0.3 is 9.47 Å². The predicted octanol–water partition coefficient (Wildman–Crippen LogP) is 4.78. The average Bonchev–Trinajstić information content (AvgIpc) is 3.21. The Labute approximate surface area is 176 Å². The normalized spacial score (nSPS) is 10.7. The standard InChI is InChI=1S/C21H19N3O5S/c1-3-29-18-10-4-14(12-19(18)28-2)5-11-20(25)23-21-22-17(13-30-21)15-6-8-16(9-7-15)24(26)27/h4-13H,3H2,1-2H3,(H,22,23,25). The smallest absolute Gasteiger partial charge is 0.269 e. The van der Waals surface area contributed by atoms with Crippen LogP contribution < -0.4 is 14.8 Å². The number of hydrogen-bond donors (Lipinski definition) is 1. The van der Waals surface area contributed by atoms with Gasteiger partial charge in [-0.1, -0.05) is 6.07 Å². The highest BCUT2D eigenvalue weighted by Crippen LogP contribution is 2.29. The molecule has 0 fully saturated rings. The number of nitro groups is 1. The molecule has 8 nitrogen and oxygen atoms in total. The summed E-state index contributed by atoms with van der Waals surface area (Å²) < 4.78 is 10.8. The molecule has 3 rings (SSSR count). The summed E-state index contributed by atoms with van der Waals surface area (Å²) in [7, 11) is 1.56. The van der Waals surface area contributed by atoms with E-state index in [0.29, 0.717) is 28.9 Å². The number of anilines is 1. The van der Waals surface area contributed by atoms with Gasteiger partial charge in [0.25, 0.3) is 5.69 Å². The van der Waals surface area contributed by atoms with E-state index in [9.17, 15) is 14.9 Å². The molecular weight excluding hydrogens is 406 g/mol. The number of rotatable bonds is 8. The Morgan fingerprint density at radius 2 is 2.00 bits per heavy atom. The van der Waals surface area contributed by atoms with Crippen molar-refractivity contribution in [2.45, 2.75) is 6.92 Å². The van der Waals surface area contributed by atoms with Crippen molar-refractivity contribution in [3.05, 3.63) is 69.6 Å². The molecule has 0 unspecified atom stereocenters. The quantitative estimate of drug-likeness (QED) is 0.316. The van der Waals surface area contributed by atoms with E-state index in [1.165, 1.54) is 29.5 Å². The molecule has 1 heterocycles. The molecule has 1 aromatic heterocycles. The van der Waals surface area contributed by atoms with Crippen molar-refractivity contribution in [1.29, 1.82) is 0 Å². The van der Waals surface area contributed by atoms with Crippen LogP contribution in [0.4, 0.5) is 10.8 Å². The number of aromatic nitrogens is 1. The Bertz CT molecular complexity index is 1080. The number of ether oxygens (including phenoxy) is 2. The molecule has 0 aliphatic heterocycles. The van der Waals surface area contributed by atoms with Crippen LogP contribution in [0.2, 0.25) is 0 Å². The van der Waals surface area contributed by atoms with Crippen molar-refractivity contribution in [3.63, 3.8) is 0 Å². The molecule has 0 bridgehead atoms. The van der Waals surface area contributed by atoms with E-state index in [0.717, 1.165) is 11.1 Å². The highest BCUT2D eigenvalue weighted by atomic mass is 32.1. The minimum absolute atomic E-state index is 0.0126. The monoisotopic (exact) mass is 425 g/mol. The van der Waals surface area contributed by atoms with Crippen LogP contribution >= 0.6 is 11.3 Å². The maximum atomic E-state index is 12.2. The first kappa shape index (κ1) is 21.0. The number of carbonyl (C=O) groups excluding carboxylic acids is 1. The van der Waals surface area contributed by atoms with E-state index < -0.39 is 4.92 Å². The van der Waals surface area contributed by atoms with Gasteiger partial charge in [-0.15, -0.1) is 11.3 Å². The molecule has 1 N–H and O–H groups in total. The number of benzene rings is 2. The SMILES string of the molecule is CCOc1ccc(C=CC(=O)Nc2nc(-c3ccc([N+](=O)[O-])cc3)cs2)cc1OC. The van der Waals surface area contributed by atoms with E-state index in [2.05, 4.69) is 10.3 Å². The molecule has 0 saturated heterocycles. The highest BCUT2D eigenvalue weighted by molar-refractivity contribution is 7.14. The van der Waals surface area contributed by atoms with Crippen LogP contribution in [-0.4, -0.2) is 29.5 Å².